The standard InChI is InChI=1S/C15H18ClN3O3/c1-19-9-12(15(18-19)22-2)14(21)17-7-6-13(20)10-4-3-5-11(16)8-10/h3-5,8-9,13,20H,6-7H2,1-2H3,(H,17,21)/t13-/m0/s1. The molecule has 0 bridgehead atoms. The van der Waals surface area contributed by atoms with Crippen LogP contribution >= 0.6 is 11.6 Å². The van der Waals surface area contributed by atoms with Gasteiger partial charge in [0.25, 0.3) is 5.91 Å². The fraction of sp³-hybridized carbons (Fsp3) is 0.333. The van der Waals surface area contributed by atoms with E-state index in [9.17, 15) is 9.90 Å². The normalized spacial score (nSPS) is 12.0. The Morgan fingerprint density at radius 3 is 3.00 bits per heavy atom. The summed E-state index contributed by atoms with van der Waals surface area (Å²) in [7, 11) is 3.17. The second-order valence-electron chi connectivity index (χ2n) is 4.84. The van der Waals surface area contributed by atoms with Gasteiger partial charge in [-0.3, -0.25) is 9.48 Å². The van der Waals surface area contributed by atoms with Crippen LogP contribution in [0.3, 0.4) is 0 Å². The molecule has 1 amide bonds. The van der Waals surface area contributed by atoms with E-state index >= 15 is 0 Å². The largest absolute Gasteiger partial charge is 0.479 e. The van der Waals surface area contributed by atoms with Crippen molar-refractivity contribution >= 4 is 17.5 Å². The summed E-state index contributed by atoms with van der Waals surface area (Å²) < 4.78 is 6.55. The van der Waals surface area contributed by atoms with Crippen molar-refractivity contribution in [3.63, 3.8) is 0 Å². The zero-order valence-electron chi connectivity index (χ0n) is 12.4. The van der Waals surface area contributed by atoms with Gasteiger partial charge in [-0.1, -0.05) is 23.7 Å². The minimum absolute atomic E-state index is 0.274. The lowest BCUT2D eigenvalue weighted by Gasteiger charge is -2.12. The van der Waals surface area contributed by atoms with Crippen LogP contribution in [0.15, 0.2) is 30.5 Å². The van der Waals surface area contributed by atoms with Crippen molar-refractivity contribution in [3.05, 3.63) is 46.6 Å². The molecule has 1 aromatic carbocycles. The van der Waals surface area contributed by atoms with Crippen LogP contribution in [-0.4, -0.2) is 34.4 Å². The Balaban J connectivity index is 1.89. The van der Waals surface area contributed by atoms with Crippen LogP contribution in [0.4, 0.5) is 0 Å². The smallest absolute Gasteiger partial charge is 0.258 e. The number of hydrogen-bond acceptors (Lipinski definition) is 4. The molecule has 6 nitrogen and oxygen atoms in total. The van der Waals surface area contributed by atoms with Gasteiger partial charge in [-0.15, -0.1) is 5.10 Å². The molecule has 1 atom stereocenters. The number of methoxy groups -OCH3 is 1. The van der Waals surface area contributed by atoms with E-state index in [1.165, 1.54) is 11.8 Å². The van der Waals surface area contributed by atoms with Crippen molar-refractivity contribution in [3.8, 4) is 5.88 Å². The highest BCUT2D eigenvalue weighted by molar-refractivity contribution is 6.30. The highest BCUT2D eigenvalue weighted by atomic mass is 35.5. The van der Waals surface area contributed by atoms with Gasteiger partial charge < -0.3 is 15.2 Å². The molecule has 0 saturated carbocycles. The third-order valence-corrected chi connectivity index (χ3v) is 3.40. The molecule has 0 aliphatic heterocycles. The van der Waals surface area contributed by atoms with Crippen molar-refractivity contribution in [1.82, 2.24) is 15.1 Å². The lowest BCUT2D eigenvalue weighted by Crippen LogP contribution is -2.25. The van der Waals surface area contributed by atoms with Gasteiger partial charge in [-0.05, 0) is 24.1 Å². The first-order valence-electron chi connectivity index (χ1n) is 6.80. The van der Waals surface area contributed by atoms with Crippen LogP contribution in [0.1, 0.15) is 28.4 Å². The zero-order chi connectivity index (χ0) is 16.1. The van der Waals surface area contributed by atoms with E-state index in [2.05, 4.69) is 10.4 Å². The number of ether oxygens (including phenoxy) is 1. The van der Waals surface area contributed by atoms with E-state index in [1.807, 2.05) is 0 Å². The number of aromatic nitrogens is 2. The summed E-state index contributed by atoms with van der Waals surface area (Å²) in [4.78, 5) is 12.1. The first-order chi connectivity index (χ1) is 10.5. The van der Waals surface area contributed by atoms with Crippen molar-refractivity contribution in [1.29, 1.82) is 0 Å². The molecule has 0 aliphatic carbocycles. The molecule has 0 radical (unpaired) electrons. The topological polar surface area (TPSA) is 76.4 Å². The van der Waals surface area contributed by atoms with Gasteiger partial charge in [-0.25, -0.2) is 0 Å². The van der Waals surface area contributed by atoms with Crippen molar-refractivity contribution in [2.24, 2.45) is 7.05 Å². The van der Waals surface area contributed by atoms with Gasteiger partial charge in [0, 0.05) is 24.8 Å². The van der Waals surface area contributed by atoms with E-state index in [4.69, 9.17) is 16.3 Å². The SMILES string of the molecule is COc1nn(C)cc1C(=O)NCC[C@H](O)c1cccc(Cl)c1. The average Bonchev–Trinajstić information content (AvgIpc) is 2.88. The number of amides is 1. The molecule has 0 fully saturated rings. The van der Waals surface area contributed by atoms with Gasteiger partial charge in [0.05, 0.1) is 13.2 Å². The molecule has 2 N–H and O–H groups in total. The first-order valence-corrected chi connectivity index (χ1v) is 7.18. The summed E-state index contributed by atoms with van der Waals surface area (Å²) in [5.74, 6) is -0.0152. The fourth-order valence-electron chi connectivity index (χ4n) is 2.07. The number of aliphatic hydroxyl groups is 1. The van der Waals surface area contributed by atoms with E-state index < -0.39 is 6.10 Å². The van der Waals surface area contributed by atoms with Gasteiger partial charge >= 0.3 is 0 Å². The third kappa shape index (κ3) is 3.99. The molecule has 2 aromatic rings. The third-order valence-electron chi connectivity index (χ3n) is 3.17. The maximum absolute atomic E-state index is 12.1. The van der Waals surface area contributed by atoms with Crippen LogP contribution in [0.2, 0.25) is 5.02 Å². The van der Waals surface area contributed by atoms with Crippen LogP contribution in [0.25, 0.3) is 0 Å². The number of nitrogens with one attached hydrogen (secondary N) is 1. The quantitative estimate of drug-likeness (QED) is 0.851. The second kappa shape index (κ2) is 7.29. The highest BCUT2D eigenvalue weighted by Crippen LogP contribution is 2.20. The second-order valence-corrected chi connectivity index (χ2v) is 5.28. The van der Waals surface area contributed by atoms with Crippen molar-refractivity contribution in [2.45, 2.75) is 12.5 Å². The summed E-state index contributed by atoms with van der Waals surface area (Å²) in [5, 5.41) is 17.4. The Morgan fingerprint density at radius 2 is 2.32 bits per heavy atom. The maximum Gasteiger partial charge on any atom is 0.258 e. The van der Waals surface area contributed by atoms with Crippen LogP contribution in [-0.2, 0) is 7.05 Å². The lowest BCUT2D eigenvalue weighted by atomic mass is 10.1. The molecular weight excluding hydrogens is 306 g/mol. The minimum Gasteiger partial charge on any atom is -0.479 e. The number of hydrogen-bond donors (Lipinski definition) is 2. The maximum atomic E-state index is 12.1. The Kier molecular flexibility index (Phi) is 5.41. The number of rotatable bonds is 6. The molecule has 0 saturated heterocycles. The van der Waals surface area contributed by atoms with Gasteiger partial charge in [0.2, 0.25) is 5.88 Å². The number of carbonyl (C=O) groups excluding carboxylic acids is 1. The molecule has 1 aromatic heterocycles. The average molecular weight is 324 g/mol. The monoisotopic (exact) mass is 323 g/mol. The Morgan fingerprint density at radius 1 is 1.55 bits per heavy atom. The van der Waals surface area contributed by atoms with Crippen LogP contribution < -0.4 is 10.1 Å². The summed E-state index contributed by atoms with van der Waals surface area (Å²) >= 11 is 5.89. The Bertz CT molecular complexity index is 657. The molecule has 2 rings (SSSR count). The van der Waals surface area contributed by atoms with Crippen molar-refractivity contribution in [2.75, 3.05) is 13.7 Å². The molecule has 118 valence electrons. The first kappa shape index (κ1) is 16.3. The highest BCUT2D eigenvalue weighted by Gasteiger charge is 2.16. The van der Waals surface area contributed by atoms with Gasteiger partial charge in [0.1, 0.15) is 5.56 Å². The minimum atomic E-state index is -0.685. The molecular formula is C15H18ClN3O3. The molecule has 7 heteroatoms. The van der Waals surface area contributed by atoms with E-state index in [0.717, 1.165) is 5.56 Å². The summed E-state index contributed by atoms with van der Waals surface area (Å²) in [6.07, 6.45) is 1.28. The predicted molar refractivity (Wildman–Crippen MR) is 83.1 cm³/mol. The van der Waals surface area contributed by atoms with E-state index in [1.54, 1.807) is 37.5 Å². The fourth-order valence-corrected chi connectivity index (χ4v) is 2.27. The summed E-state index contributed by atoms with van der Waals surface area (Å²) in [6.45, 7) is 0.324. The molecule has 22 heavy (non-hydrogen) atoms. The number of carbonyl (C=O) groups is 1. The molecule has 1 heterocycles. The number of nitrogens with zero attached hydrogens (tertiary/aromatic N) is 2. The van der Waals surface area contributed by atoms with Gasteiger partial charge in [-0.2, -0.15) is 0 Å². The van der Waals surface area contributed by atoms with Crippen molar-refractivity contribution < 1.29 is 14.6 Å². The summed E-state index contributed by atoms with van der Waals surface area (Å²) in [5.41, 5.74) is 1.09. The van der Waals surface area contributed by atoms with E-state index in [-0.39, 0.29) is 11.8 Å². The number of aliphatic hydroxyl groups excluding tert-OH is 1. The van der Waals surface area contributed by atoms with Gasteiger partial charge in [0.15, 0.2) is 0 Å². The summed E-state index contributed by atoms with van der Waals surface area (Å²) in [6, 6.07) is 7.02. The molecule has 0 unspecified atom stereocenters. The number of aryl methyl sites for hydroxylation is 1. The van der Waals surface area contributed by atoms with Crippen LogP contribution in [0.5, 0.6) is 5.88 Å². The Hall–Kier alpha value is -2.05. The Labute approximate surface area is 133 Å². The lowest BCUT2D eigenvalue weighted by molar-refractivity contribution is 0.0939. The van der Waals surface area contributed by atoms with E-state index in [0.29, 0.717) is 23.6 Å². The number of halogens is 1. The molecule has 0 spiro atoms. The zero-order valence-corrected chi connectivity index (χ0v) is 13.2. The predicted octanol–water partition coefficient (Wildman–Crippen LogP) is 1.94. The number of benzene rings is 1. The van der Waals surface area contributed by atoms with Crippen LogP contribution in [0, 0.1) is 0 Å². The molecule has 0 aliphatic rings.